The van der Waals surface area contributed by atoms with E-state index in [2.05, 4.69) is 24.5 Å². The third-order valence-electron chi connectivity index (χ3n) is 4.58. The number of nitrogens with zero attached hydrogens (tertiary/aromatic N) is 1. The lowest BCUT2D eigenvalue weighted by molar-refractivity contribution is -0.140. The maximum absolute atomic E-state index is 12.4. The Morgan fingerprint density at radius 1 is 1.29 bits per heavy atom. The number of piperidine rings is 1. The third-order valence-corrected chi connectivity index (χ3v) is 5.17. The van der Waals surface area contributed by atoms with Crippen molar-refractivity contribution in [2.75, 3.05) is 0 Å². The number of carbonyl (C=O) groups is 1. The highest BCUT2D eigenvalue weighted by molar-refractivity contribution is 7.81. The Hall–Kier alpha value is -0.180. The molecule has 1 aliphatic heterocycles. The van der Waals surface area contributed by atoms with Crippen LogP contribution in [0.15, 0.2) is 0 Å². The largest absolute Gasteiger partial charge is 0.336 e. The topological polar surface area (TPSA) is 20.3 Å². The summed E-state index contributed by atoms with van der Waals surface area (Å²) in [5, 5.41) is -0.0990. The number of hydrogen-bond acceptors (Lipinski definition) is 2. The molecule has 1 heterocycles. The van der Waals surface area contributed by atoms with Crippen molar-refractivity contribution >= 4 is 18.5 Å². The number of amides is 1. The molecule has 2 fully saturated rings. The fourth-order valence-corrected chi connectivity index (χ4v) is 3.67. The zero-order valence-corrected chi connectivity index (χ0v) is 12.0. The van der Waals surface area contributed by atoms with Gasteiger partial charge in [0.25, 0.3) is 0 Å². The standard InChI is InChI=1S/C14H25NOS/c1-3-13(17)14(16)15-10(2)8-9-11-6-4-5-7-12(11)15/h10-13,17H,3-9H2,1-2H3. The molecule has 0 spiro atoms. The summed E-state index contributed by atoms with van der Waals surface area (Å²) in [5.41, 5.74) is 0. The highest BCUT2D eigenvalue weighted by Gasteiger charge is 2.40. The number of hydrogen-bond donors (Lipinski definition) is 1. The van der Waals surface area contributed by atoms with Gasteiger partial charge in [-0.3, -0.25) is 4.79 Å². The van der Waals surface area contributed by atoms with Crippen LogP contribution >= 0.6 is 12.6 Å². The van der Waals surface area contributed by atoms with Crippen LogP contribution in [0.4, 0.5) is 0 Å². The summed E-state index contributed by atoms with van der Waals surface area (Å²) >= 11 is 4.44. The Morgan fingerprint density at radius 2 is 2.00 bits per heavy atom. The Morgan fingerprint density at radius 3 is 2.71 bits per heavy atom. The normalized spacial score (nSPS) is 35.2. The van der Waals surface area contributed by atoms with Crippen LogP contribution in [-0.2, 0) is 4.79 Å². The quantitative estimate of drug-likeness (QED) is 0.751. The van der Waals surface area contributed by atoms with Crippen molar-refractivity contribution in [3.8, 4) is 0 Å². The summed E-state index contributed by atoms with van der Waals surface area (Å²) in [5.74, 6) is 1.04. The molecule has 2 aliphatic rings. The van der Waals surface area contributed by atoms with E-state index in [4.69, 9.17) is 0 Å². The van der Waals surface area contributed by atoms with Crippen molar-refractivity contribution in [3.05, 3.63) is 0 Å². The Balaban J connectivity index is 2.13. The number of likely N-dealkylation sites (tertiary alicyclic amines) is 1. The lowest BCUT2D eigenvalue weighted by Gasteiger charge is -2.48. The molecule has 0 radical (unpaired) electrons. The van der Waals surface area contributed by atoms with Gasteiger partial charge < -0.3 is 4.90 Å². The van der Waals surface area contributed by atoms with E-state index in [0.717, 1.165) is 12.3 Å². The number of carbonyl (C=O) groups excluding carboxylic acids is 1. The molecule has 1 saturated heterocycles. The number of fused-ring (bicyclic) bond motifs is 1. The van der Waals surface area contributed by atoms with Gasteiger partial charge in [-0.15, -0.1) is 0 Å². The maximum Gasteiger partial charge on any atom is 0.235 e. The van der Waals surface area contributed by atoms with E-state index >= 15 is 0 Å². The van der Waals surface area contributed by atoms with Crippen LogP contribution < -0.4 is 0 Å². The molecule has 1 aliphatic carbocycles. The SMILES string of the molecule is CCC(S)C(=O)N1C(C)CCC2CCCCC21. The van der Waals surface area contributed by atoms with Gasteiger partial charge in [0.1, 0.15) is 0 Å². The monoisotopic (exact) mass is 255 g/mol. The fraction of sp³-hybridized carbons (Fsp3) is 0.929. The van der Waals surface area contributed by atoms with Gasteiger partial charge in [0.05, 0.1) is 5.25 Å². The first-order valence-corrected chi connectivity index (χ1v) is 7.67. The summed E-state index contributed by atoms with van der Waals surface area (Å²) in [4.78, 5) is 14.6. The molecule has 3 heteroatoms. The van der Waals surface area contributed by atoms with Crippen LogP contribution in [0.3, 0.4) is 0 Å². The average Bonchev–Trinajstić information content (AvgIpc) is 2.37. The van der Waals surface area contributed by atoms with Crippen LogP contribution in [0, 0.1) is 5.92 Å². The molecule has 0 bridgehead atoms. The predicted octanol–water partition coefficient (Wildman–Crippen LogP) is 3.26. The zero-order chi connectivity index (χ0) is 12.4. The van der Waals surface area contributed by atoms with Gasteiger partial charge in [-0.2, -0.15) is 12.6 Å². The predicted molar refractivity (Wildman–Crippen MR) is 74.4 cm³/mol. The molecule has 1 amide bonds. The first kappa shape index (κ1) is 13.3. The molecule has 17 heavy (non-hydrogen) atoms. The van der Waals surface area contributed by atoms with Crippen molar-refractivity contribution in [3.63, 3.8) is 0 Å². The molecule has 2 rings (SSSR count). The summed E-state index contributed by atoms with van der Waals surface area (Å²) in [6.45, 7) is 4.25. The van der Waals surface area contributed by atoms with E-state index in [9.17, 15) is 4.79 Å². The molecule has 0 N–H and O–H groups in total. The minimum atomic E-state index is -0.0990. The summed E-state index contributed by atoms with van der Waals surface area (Å²) in [6, 6.07) is 0.934. The zero-order valence-electron chi connectivity index (χ0n) is 11.1. The van der Waals surface area contributed by atoms with Crippen LogP contribution in [0.5, 0.6) is 0 Å². The Labute approximate surface area is 111 Å². The Bertz CT molecular complexity index is 281. The van der Waals surface area contributed by atoms with Crippen molar-refractivity contribution < 1.29 is 4.79 Å². The van der Waals surface area contributed by atoms with Crippen LogP contribution in [0.1, 0.15) is 58.8 Å². The molecule has 0 aromatic rings. The molecule has 4 atom stereocenters. The molecule has 4 unspecified atom stereocenters. The van der Waals surface area contributed by atoms with E-state index in [0.29, 0.717) is 12.1 Å². The van der Waals surface area contributed by atoms with Gasteiger partial charge in [-0.25, -0.2) is 0 Å². The van der Waals surface area contributed by atoms with Gasteiger partial charge in [0.15, 0.2) is 0 Å². The maximum atomic E-state index is 12.4. The van der Waals surface area contributed by atoms with Crippen LogP contribution in [0.25, 0.3) is 0 Å². The van der Waals surface area contributed by atoms with Crippen molar-refractivity contribution in [1.82, 2.24) is 4.90 Å². The highest BCUT2D eigenvalue weighted by Crippen LogP contribution is 2.38. The van der Waals surface area contributed by atoms with E-state index in [-0.39, 0.29) is 11.2 Å². The number of rotatable bonds is 2. The van der Waals surface area contributed by atoms with Gasteiger partial charge in [-0.1, -0.05) is 19.8 Å². The van der Waals surface area contributed by atoms with E-state index in [1.165, 1.54) is 38.5 Å². The van der Waals surface area contributed by atoms with Crippen molar-refractivity contribution in [2.24, 2.45) is 5.92 Å². The van der Waals surface area contributed by atoms with E-state index < -0.39 is 0 Å². The summed E-state index contributed by atoms with van der Waals surface area (Å²) in [7, 11) is 0. The molecule has 0 aromatic heterocycles. The van der Waals surface area contributed by atoms with Gasteiger partial charge in [-0.05, 0) is 44.9 Å². The van der Waals surface area contributed by atoms with Gasteiger partial charge in [0, 0.05) is 12.1 Å². The molecule has 2 nitrogen and oxygen atoms in total. The fourth-order valence-electron chi connectivity index (χ4n) is 3.54. The second-order valence-corrected chi connectivity index (χ2v) is 6.33. The first-order chi connectivity index (χ1) is 8.15. The summed E-state index contributed by atoms with van der Waals surface area (Å²) < 4.78 is 0. The highest BCUT2D eigenvalue weighted by atomic mass is 32.1. The van der Waals surface area contributed by atoms with E-state index in [1.807, 2.05) is 6.92 Å². The lowest BCUT2D eigenvalue weighted by Crippen LogP contribution is -2.55. The van der Waals surface area contributed by atoms with Gasteiger partial charge in [0.2, 0.25) is 5.91 Å². The molecular formula is C14H25NOS. The van der Waals surface area contributed by atoms with E-state index in [1.54, 1.807) is 0 Å². The van der Waals surface area contributed by atoms with Crippen molar-refractivity contribution in [2.45, 2.75) is 76.1 Å². The van der Waals surface area contributed by atoms with Gasteiger partial charge >= 0.3 is 0 Å². The lowest BCUT2D eigenvalue weighted by atomic mass is 9.76. The first-order valence-electron chi connectivity index (χ1n) is 7.15. The average molecular weight is 255 g/mol. The smallest absolute Gasteiger partial charge is 0.235 e. The van der Waals surface area contributed by atoms with Crippen LogP contribution in [0.2, 0.25) is 0 Å². The molecular weight excluding hydrogens is 230 g/mol. The summed E-state index contributed by atoms with van der Waals surface area (Å²) in [6.07, 6.45) is 8.52. The number of thiol groups is 1. The third kappa shape index (κ3) is 2.64. The second-order valence-electron chi connectivity index (χ2n) is 5.71. The minimum absolute atomic E-state index is 0.0990. The Kier molecular flexibility index (Phi) is 4.40. The molecule has 98 valence electrons. The second kappa shape index (κ2) is 5.64. The van der Waals surface area contributed by atoms with Crippen LogP contribution in [-0.4, -0.2) is 28.1 Å². The minimum Gasteiger partial charge on any atom is -0.336 e. The molecule has 0 aromatic carbocycles. The van der Waals surface area contributed by atoms with Crippen molar-refractivity contribution in [1.29, 1.82) is 0 Å². The molecule has 1 saturated carbocycles.